The summed E-state index contributed by atoms with van der Waals surface area (Å²) in [4.78, 5) is 25.0. The molecule has 0 spiro atoms. The highest BCUT2D eigenvalue weighted by atomic mass is 16.5. The van der Waals surface area contributed by atoms with Crippen LogP contribution >= 0.6 is 0 Å². The van der Waals surface area contributed by atoms with Crippen LogP contribution in [0.4, 0.5) is 0 Å². The molecule has 0 bridgehead atoms. The van der Waals surface area contributed by atoms with E-state index in [4.69, 9.17) is 4.74 Å². The second kappa shape index (κ2) is 3.84. The van der Waals surface area contributed by atoms with E-state index in [0.29, 0.717) is 11.3 Å². The molecule has 0 aliphatic heterocycles. The van der Waals surface area contributed by atoms with E-state index in [9.17, 15) is 9.59 Å². The first kappa shape index (κ1) is 10.5. The van der Waals surface area contributed by atoms with E-state index in [1.807, 2.05) is 13.8 Å². The zero-order chi connectivity index (χ0) is 11.7. The quantitative estimate of drug-likeness (QED) is 0.828. The first-order valence-electron chi connectivity index (χ1n) is 4.91. The first-order chi connectivity index (χ1) is 7.58. The molecule has 0 radical (unpaired) electrons. The molecular weight excluding hydrogens is 210 g/mol. The fourth-order valence-electron chi connectivity index (χ4n) is 1.47. The lowest BCUT2D eigenvalue weighted by Crippen LogP contribution is -2.16. The molecule has 16 heavy (non-hydrogen) atoms. The maximum Gasteiger partial charge on any atom is 0.419 e. The van der Waals surface area contributed by atoms with Crippen molar-refractivity contribution in [2.75, 3.05) is 0 Å². The van der Waals surface area contributed by atoms with Crippen LogP contribution in [-0.2, 0) is 0 Å². The van der Waals surface area contributed by atoms with Gasteiger partial charge in [0, 0.05) is 0 Å². The number of fused-ring (bicyclic) bond motifs is 1. The van der Waals surface area contributed by atoms with Gasteiger partial charge in [0.2, 0.25) is 0 Å². The highest BCUT2D eigenvalue weighted by Gasteiger charge is 2.10. The Hall–Kier alpha value is -2.04. The van der Waals surface area contributed by atoms with Crippen molar-refractivity contribution in [2.45, 2.75) is 20.0 Å². The lowest BCUT2D eigenvalue weighted by atomic mass is 10.2. The topological polar surface area (TPSA) is 72.3 Å². The number of ether oxygens (including phenoxy) is 1. The number of hydrogen-bond donors (Lipinski definition) is 1. The molecule has 0 amide bonds. The van der Waals surface area contributed by atoms with E-state index in [1.54, 1.807) is 18.2 Å². The molecule has 1 aromatic carbocycles. The summed E-state index contributed by atoms with van der Waals surface area (Å²) < 4.78 is 9.93. The Morgan fingerprint density at radius 1 is 1.31 bits per heavy atom. The van der Waals surface area contributed by atoms with Crippen LogP contribution < -0.4 is 16.1 Å². The van der Waals surface area contributed by atoms with Gasteiger partial charge >= 0.3 is 11.4 Å². The number of benzene rings is 1. The Kier molecular flexibility index (Phi) is 2.52. The molecule has 0 aliphatic rings. The summed E-state index contributed by atoms with van der Waals surface area (Å²) in [5.74, 6) is -0.350. The zero-order valence-corrected chi connectivity index (χ0v) is 8.94. The summed E-state index contributed by atoms with van der Waals surface area (Å²) in [7, 11) is 0. The standard InChI is InChI=1S/C11H11NO4/c1-6(2)15-8-5-3-4-7-9(8)10(13)16-11(14)12-7/h3-6H,1-2H3,(H,12,14). The van der Waals surface area contributed by atoms with Gasteiger partial charge in [-0.2, -0.15) is 0 Å². The molecule has 5 heteroatoms. The summed E-state index contributed by atoms with van der Waals surface area (Å²) >= 11 is 0. The van der Waals surface area contributed by atoms with Gasteiger partial charge in [0.1, 0.15) is 11.1 Å². The third kappa shape index (κ3) is 1.84. The van der Waals surface area contributed by atoms with Crippen molar-refractivity contribution in [3.05, 3.63) is 39.2 Å². The van der Waals surface area contributed by atoms with Gasteiger partial charge in [-0.05, 0) is 26.0 Å². The SMILES string of the molecule is CC(C)Oc1cccc2[nH]c(=O)oc(=O)c12. The third-order valence-electron chi connectivity index (χ3n) is 2.02. The fourth-order valence-corrected chi connectivity index (χ4v) is 1.47. The van der Waals surface area contributed by atoms with Crippen molar-refractivity contribution in [1.29, 1.82) is 0 Å². The molecular formula is C11H11NO4. The van der Waals surface area contributed by atoms with Gasteiger partial charge in [0.15, 0.2) is 0 Å². The number of aromatic nitrogens is 1. The predicted octanol–water partition coefficient (Wildman–Crippen LogP) is 1.27. The molecule has 0 unspecified atom stereocenters. The Bertz CT molecular complexity index is 624. The van der Waals surface area contributed by atoms with Crippen LogP contribution in [0.15, 0.2) is 32.2 Å². The molecule has 0 fully saturated rings. The Morgan fingerprint density at radius 2 is 2.06 bits per heavy atom. The van der Waals surface area contributed by atoms with Crippen LogP contribution in [0.3, 0.4) is 0 Å². The van der Waals surface area contributed by atoms with E-state index < -0.39 is 11.4 Å². The largest absolute Gasteiger partial charge is 0.490 e. The molecule has 0 saturated heterocycles. The van der Waals surface area contributed by atoms with Crippen molar-refractivity contribution < 1.29 is 9.15 Å². The Labute approximate surface area is 90.7 Å². The van der Waals surface area contributed by atoms with Gasteiger partial charge in [0.25, 0.3) is 0 Å². The fraction of sp³-hybridized carbons (Fsp3) is 0.273. The van der Waals surface area contributed by atoms with E-state index in [1.165, 1.54) is 0 Å². The third-order valence-corrected chi connectivity index (χ3v) is 2.02. The second-order valence-electron chi connectivity index (χ2n) is 3.65. The van der Waals surface area contributed by atoms with Crippen molar-refractivity contribution in [1.82, 2.24) is 4.98 Å². The van der Waals surface area contributed by atoms with E-state index in [2.05, 4.69) is 9.40 Å². The number of hydrogen-bond acceptors (Lipinski definition) is 4. The minimum Gasteiger partial charge on any atom is -0.490 e. The summed E-state index contributed by atoms with van der Waals surface area (Å²) in [6.45, 7) is 3.71. The zero-order valence-electron chi connectivity index (χ0n) is 8.94. The predicted molar refractivity (Wildman–Crippen MR) is 58.9 cm³/mol. The molecule has 0 atom stereocenters. The second-order valence-corrected chi connectivity index (χ2v) is 3.65. The normalized spacial score (nSPS) is 10.9. The van der Waals surface area contributed by atoms with Crippen molar-refractivity contribution in [3.63, 3.8) is 0 Å². The van der Waals surface area contributed by atoms with Crippen molar-refractivity contribution in [2.24, 2.45) is 0 Å². The lowest BCUT2D eigenvalue weighted by molar-refractivity contribution is 0.244. The van der Waals surface area contributed by atoms with E-state index >= 15 is 0 Å². The molecule has 0 saturated carbocycles. The molecule has 84 valence electrons. The first-order valence-corrected chi connectivity index (χ1v) is 4.91. The number of H-pyrrole nitrogens is 1. The number of rotatable bonds is 2. The van der Waals surface area contributed by atoms with E-state index in [-0.39, 0.29) is 11.5 Å². The van der Waals surface area contributed by atoms with E-state index in [0.717, 1.165) is 0 Å². The van der Waals surface area contributed by atoms with Gasteiger partial charge in [0.05, 0.1) is 11.6 Å². The molecule has 2 rings (SSSR count). The van der Waals surface area contributed by atoms with Gasteiger partial charge in [-0.15, -0.1) is 0 Å². The van der Waals surface area contributed by atoms with Crippen LogP contribution in [0.5, 0.6) is 5.75 Å². The number of aromatic amines is 1. The highest BCUT2D eigenvalue weighted by molar-refractivity contribution is 5.83. The number of nitrogens with one attached hydrogen (secondary N) is 1. The van der Waals surface area contributed by atoms with Gasteiger partial charge in [-0.1, -0.05) is 6.07 Å². The molecule has 1 heterocycles. The molecule has 1 N–H and O–H groups in total. The summed E-state index contributed by atoms with van der Waals surface area (Å²) in [6.07, 6.45) is -0.0584. The van der Waals surface area contributed by atoms with Gasteiger partial charge in [-0.25, -0.2) is 9.59 Å². The van der Waals surface area contributed by atoms with Gasteiger partial charge in [-0.3, -0.25) is 4.98 Å². The highest BCUT2D eigenvalue weighted by Crippen LogP contribution is 2.20. The van der Waals surface area contributed by atoms with Crippen molar-refractivity contribution in [3.8, 4) is 5.75 Å². The maximum absolute atomic E-state index is 11.5. The minimum absolute atomic E-state index is 0.0584. The Balaban J connectivity index is 2.77. The van der Waals surface area contributed by atoms with Crippen LogP contribution in [0.1, 0.15) is 13.8 Å². The maximum atomic E-state index is 11.5. The molecule has 1 aromatic heterocycles. The van der Waals surface area contributed by atoms with Crippen LogP contribution in [0.2, 0.25) is 0 Å². The molecule has 0 aliphatic carbocycles. The lowest BCUT2D eigenvalue weighted by Gasteiger charge is -2.10. The van der Waals surface area contributed by atoms with Crippen LogP contribution in [0, 0.1) is 0 Å². The van der Waals surface area contributed by atoms with Crippen LogP contribution in [0.25, 0.3) is 10.9 Å². The smallest absolute Gasteiger partial charge is 0.419 e. The molecule has 2 aromatic rings. The van der Waals surface area contributed by atoms with Crippen molar-refractivity contribution >= 4 is 10.9 Å². The average molecular weight is 221 g/mol. The molecule has 5 nitrogen and oxygen atoms in total. The summed E-state index contributed by atoms with van der Waals surface area (Å²) in [5.41, 5.74) is -0.269. The summed E-state index contributed by atoms with van der Waals surface area (Å²) in [5, 5.41) is 0.260. The monoisotopic (exact) mass is 221 g/mol. The van der Waals surface area contributed by atoms with Crippen LogP contribution in [-0.4, -0.2) is 11.1 Å². The van der Waals surface area contributed by atoms with Gasteiger partial charge < -0.3 is 9.15 Å². The summed E-state index contributed by atoms with van der Waals surface area (Å²) in [6, 6.07) is 4.99. The average Bonchev–Trinajstić information content (AvgIpc) is 2.15. The Morgan fingerprint density at radius 3 is 2.75 bits per heavy atom. The minimum atomic E-state index is -0.765.